The van der Waals surface area contributed by atoms with E-state index in [0.29, 0.717) is 27.0 Å². The molecular weight excluding hydrogens is 473 g/mol. The zero-order valence-corrected chi connectivity index (χ0v) is 19.3. The van der Waals surface area contributed by atoms with E-state index in [-0.39, 0.29) is 11.0 Å². The van der Waals surface area contributed by atoms with Crippen LogP contribution in [-0.2, 0) is 0 Å². The van der Waals surface area contributed by atoms with E-state index in [1.54, 1.807) is 43.5 Å². The average Bonchev–Trinajstić information content (AvgIpc) is 3.19. The van der Waals surface area contributed by atoms with Crippen molar-refractivity contribution in [3.05, 3.63) is 76.3 Å². The van der Waals surface area contributed by atoms with Gasteiger partial charge in [0.1, 0.15) is 10.8 Å². The highest BCUT2D eigenvalue weighted by molar-refractivity contribution is 7.80. The van der Waals surface area contributed by atoms with Crippen molar-refractivity contribution < 1.29 is 9.53 Å². The van der Waals surface area contributed by atoms with Crippen LogP contribution in [0.25, 0.3) is 20.8 Å². The summed E-state index contributed by atoms with van der Waals surface area (Å²) in [5.41, 5.74) is 2.58. The number of rotatable bonds is 4. The number of carbonyl (C=O) groups excluding carboxylic acids is 1. The van der Waals surface area contributed by atoms with E-state index in [4.69, 9.17) is 40.2 Å². The summed E-state index contributed by atoms with van der Waals surface area (Å²) in [6, 6.07) is 17.9. The van der Waals surface area contributed by atoms with E-state index in [2.05, 4.69) is 15.6 Å². The number of methoxy groups -OCH3 is 1. The topological polar surface area (TPSA) is 63.2 Å². The third-order valence-electron chi connectivity index (χ3n) is 4.41. The smallest absolute Gasteiger partial charge is 0.257 e. The number of amides is 1. The number of carbonyl (C=O) groups is 1. The van der Waals surface area contributed by atoms with Crippen LogP contribution in [0.4, 0.5) is 5.69 Å². The minimum absolute atomic E-state index is 0.111. The minimum atomic E-state index is -0.350. The molecule has 0 aliphatic rings. The summed E-state index contributed by atoms with van der Waals surface area (Å²) in [7, 11) is 1.56. The molecule has 2 N–H and O–H groups in total. The van der Waals surface area contributed by atoms with Gasteiger partial charge in [-0.2, -0.15) is 0 Å². The Hall–Kier alpha value is -2.71. The molecule has 4 aromatic rings. The lowest BCUT2D eigenvalue weighted by Crippen LogP contribution is -2.34. The van der Waals surface area contributed by atoms with E-state index in [1.807, 2.05) is 24.3 Å². The van der Waals surface area contributed by atoms with Gasteiger partial charge in [0.15, 0.2) is 5.11 Å². The Morgan fingerprint density at radius 3 is 2.52 bits per heavy atom. The molecule has 0 fully saturated rings. The van der Waals surface area contributed by atoms with Gasteiger partial charge >= 0.3 is 0 Å². The molecule has 0 atom stereocenters. The van der Waals surface area contributed by atoms with E-state index in [1.165, 1.54) is 11.3 Å². The number of nitrogens with zero attached hydrogens (tertiary/aromatic N) is 1. The fourth-order valence-corrected chi connectivity index (χ4v) is 4.64. The number of nitrogens with one attached hydrogen (secondary N) is 2. The minimum Gasteiger partial charge on any atom is -0.497 e. The quantitative estimate of drug-likeness (QED) is 0.325. The molecule has 156 valence electrons. The van der Waals surface area contributed by atoms with Gasteiger partial charge in [0.25, 0.3) is 5.91 Å². The van der Waals surface area contributed by atoms with Crippen LogP contribution in [0.1, 0.15) is 10.4 Å². The number of anilines is 1. The number of para-hydroxylation sites is 1. The van der Waals surface area contributed by atoms with Crippen LogP contribution >= 0.6 is 46.8 Å². The Morgan fingerprint density at radius 2 is 1.81 bits per heavy atom. The second kappa shape index (κ2) is 9.20. The van der Waals surface area contributed by atoms with Crippen molar-refractivity contribution >= 4 is 73.7 Å². The molecule has 0 bridgehead atoms. The first-order valence-electron chi connectivity index (χ1n) is 9.06. The summed E-state index contributed by atoms with van der Waals surface area (Å²) in [5.74, 6) is 0.309. The van der Waals surface area contributed by atoms with Crippen molar-refractivity contribution in [3.63, 3.8) is 0 Å². The second-order valence-electron chi connectivity index (χ2n) is 6.44. The molecule has 1 amide bonds. The lowest BCUT2D eigenvalue weighted by atomic mass is 10.2. The predicted molar refractivity (Wildman–Crippen MR) is 132 cm³/mol. The van der Waals surface area contributed by atoms with Gasteiger partial charge in [-0.3, -0.25) is 10.1 Å². The van der Waals surface area contributed by atoms with Crippen molar-refractivity contribution in [2.75, 3.05) is 12.4 Å². The Morgan fingerprint density at radius 1 is 1.06 bits per heavy atom. The normalized spacial score (nSPS) is 10.7. The zero-order valence-electron chi connectivity index (χ0n) is 16.1. The summed E-state index contributed by atoms with van der Waals surface area (Å²) in [6.07, 6.45) is 0. The van der Waals surface area contributed by atoms with Crippen LogP contribution in [0.15, 0.2) is 60.7 Å². The van der Waals surface area contributed by atoms with Crippen molar-refractivity contribution in [1.82, 2.24) is 10.3 Å². The van der Waals surface area contributed by atoms with Gasteiger partial charge in [0, 0.05) is 11.1 Å². The highest BCUT2D eigenvalue weighted by atomic mass is 35.5. The van der Waals surface area contributed by atoms with Gasteiger partial charge in [-0.25, -0.2) is 4.98 Å². The summed E-state index contributed by atoms with van der Waals surface area (Å²) in [4.78, 5) is 17.1. The largest absolute Gasteiger partial charge is 0.497 e. The Balaban J connectivity index is 1.54. The van der Waals surface area contributed by atoms with E-state index < -0.39 is 0 Å². The third kappa shape index (κ3) is 4.80. The number of thiocarbonyl (C=S) groups is 1. The molecular formula is C22H15Cl2N3O2S2. The maximum atomic E-state index is 12.4. The lowest BCUT2D eigenvalue weighted by molar-refractivity contribution is 0.0977. The number of benzene rings is 3. The SMILES string of the molecule is COc1ccc(C(=O)NC(=S)Nc2cc(-c3nc4ccccc4s3)c(Cl)cc2Cl)cc1. The van der Waals surface area contributed by atoms with Crippen molar-refractivity contribution in [2.45, 2.75) is 0 Å². The molecule has 0 saturated carbocycles. The van der Waals surface area contributed by atoms with Gasteiger partial charge in [-0.05, 0) is 60.7 Å². The van der Waals surface area contributed by atoms with Gasteiger partial charge in [-0.1, -0.05) is 35.3 Å². The molecule has 31 heavy (non-hydrogen) atoms. The van der Waals surface area contributed by atoms with Crippen LogP contribution in [0.3, 0.4) is 0 Å². The first-order chi connectivity index (χ1) is 14.9. The van der Waals surface area contributed by atoms with E-state index in [0.717, 1.165) is 20.8 Å². The van der Waals surface area contributed by atoms with E-state index >= 15 is 0 Å². The number of fused-ring (bicyclic) bond motifs is 1. The molecule has 9 heteroatoms. The van der Waals surface area contributed by atoms with Gasteiger partial charge in [0.05, 0.1) is 33.1 Å². The Kier molecular flexibility index (Phi) is 6.38. The molecule has 0 spiro atoms. The maximum absolute atomic E-state index is 12.4. The third-order valence-corrected chi connectivity index (χ3v) is 6.31. The number of aromatic nitrogens is 1. The lowest BCUT2D eigenvalue weighted by Gasteiger charge is -2.13. The highest BCUT2D eigenvalue weighted by Gasteiger charge is 2.15. The van der Waals surface area contributed by atoms with Gasteiger partial charge in [-0.15, -0.1) is 11.3 Å². The summed E-state index contributed by atoms with van der Waals surface area (Å²) in [5, 5.41) is 7.33. The molecule has 0 aliphatic heterocycles. The van der Waals surface area contributed by atoms with Crippen LogP contribution in [0.5, 0.6) is 5.75 Å². The number of hydrogen-bond acceptors (Lipinski definition) is 5. The standard InChI is InChI=1S/C22H15Cl2N3O2S2/c1-29-13-8-6-12(7-9-13)20(28)27-22(30)26-18-10-14(15(23)11-16(18)24)21-25-17-4-2-3-5-19(17)31-21/h2-11H,1H3,(H2,26,27,28,30). The molecule has 5 nitrogen and oxygen atoms in total. The predicted octanol–water partition coefficient (Wildman–Crippen LogP) is 6.41. The molecule has 1 heterocycles. The summed E-state index contributed by atoms with van der Waals surface area (Å²) in [6.45, 7) is 0. The van der Waals surface area contributed by atoms with Crippen molar-refractivity contribution in [1.29, 1.82) is 0 Å². The van der Waals surface area contributed by atoms with Crippen LogP contribution in [0.2, 0.25) is 10.0 Å². The zero-order chi connectivity index (χ0) is 22.0. The van der Waals surface area contributed by atoms with Gasteiger partial charge < -0.3 is 10.1 Å². The Labute approximate surface area is 198 Å². The van der Waals surface area contributed by atoms with Crippen molar-refractivity contribution in [2.24, 2.45) is 0 Å². The fraction of sp³-hybridized carbons (Fsp3) is 0.0455. The summed E-state index contributed by atoms with van der Waals surface area (Å²) >= 11 is 19.6. The van der Waals surface area contributed by atoms with Crippen molar-refractivity contribution in [3.8, 4) is 16.3 Å². The molecule has 0 radical (unpaired) electrons. The number of hydrogen-bond donors (Lipinski definition) is 2. The fourth-order valence-electron chi connectivity index (χ4n) is 2.87. The number of thiazole rings is 1. The molecule has 0 unspecified atom stereocenters. The monoisotopic (exact) mass is 487 g/mol. The summed E-state index contributed by atoms with van der Waals surface area (Å²) < 4.78 is 6.15. The second-order valence-corrected chi connectivity index (χ2v) is 8.69. The first kappa shape index (κ1) is 21.5. The molecule has 3 aromatic carbocycles. The Bertz CT molecular complexity index is 1260. The number of ether oxygens (including phenoxy) is 1. The molecule has 1 aromatic heterocycles. The average molecular weight is 488 g/mol. The van der Waals surface area contributed by atoms with Crippen LogP contribution in [0, 0.1) is 0 Å². The van der Waals surface area contributed by atoms with Gasteiger partial charge in [0.2, 0.25) is 0 Å². The maximum Gasteiger partial charge on any atom is 0.257 e. The van der Waals surface area contributed by atoms with Crippen LogP contribution < -0.4 is 15.4 Å². The highest BCUT2D eigenvalue weighted by Crippen LogP contribution is 2.38. The molecule has 0 saturated heterocycles. The van der Waals surface area contributed by atoms with Crippen LogP contribution in [-0.4, -0.2) is 23.1 Å². The molecule has 0 aliphatic carbocycles. The molecule has 4 rings (SSSR count). The van der Waals surface area contributed by atoms with E-state index in [9.17, 15) is 4.79 Å². The number of halogens is 2. The first-order valence-corrected chi connectivity index (χ1v) is 11.0.